The van der Waals surface area contributed by atoms with Crippen molar-refractivity contribution in [3.63, 3.8) is 0 Å². The summed E-state index contributed by atoms with van der Waals surface area (Å²) in [6.07, 6.45) is 0.408. The standard InChI is InChI=1S/C27H28N2O6S/c1-4-18-14-29(27(36)28-24(18)30)23-13-21(35-26(32)20-11-7-17(3)8-12-20)22(34-23)15-33-25(31)19-9-5-16(2)6-10-19/h5-12,14,21-23H,4,13,15H2,1-3H3,(H,28,30,36)/t21-,22+,23+/m0/s1. The molecule has 1 aromatic heterocycles. The van der Waals surface area contributed by atoms with Crippen molar-refractivity contribution in [1.29, 1.82) is 0 Å². The van der Waals surface area contributed by atoms with E-state index in [1.165, 1.54) is 0 Å². The van der Waals surface area contributed by atoms with E-state index in [0.717, 1.165) is 11.1 Å². The SMILES string of the molecule is CCc1cn([C@H]2C[C@H](OC(=O)c3ccc(C)cc3)[C@@H](COC(=O)c3ccc(C)cc3)O2)c(=S)[nH]c1=O. The molecule has 9 heteroatoms. The molecule has 1 N–H and O–H groups in total. The topological polar surface area (TPSA) is 99.6 Å². The molecule has 1 aliphatic rings. The maximum absolute atomic E-state index is 12.8. The summed E-state index contributed by atoms with van der Waals surface area (Å²) in [5, 5.41) is 0. The molecule has 1 fully saturated rings. The van der Waals surface area contributed by atoms with Crippen LogP contribution in [0, 0.1) is 18.6 Å². The Bertz CT molecular complexity index is 1360. The van der Waals surface area contributed by atoms with Gasteiger partial charge in [-0.2, -0.15) is 0 Å². The number of aromatic amines is 1. The number of nitrogens with zero attached hydrogens (tertiary/aromatic N) is 1. The molecule has 0 bridgehead atoms. The fourth-order valence-electron chi connectivity index (χ4n) is 3.96. The zero-order chi connectivity index (χ0) is 25.8. The second-order valence-corrected chi connectivity index (χ2v) is 9.20. The number of esters is 2. The van der Waals surface area contributed by atoms with Crippen LogP contribution in [0.5, 0.6) is 0 Å². The third kappa shape index (κ3) is 5.80. The van der Waals surface area contributed by atoms with Crippen molar-refractivity contribution in [3.05, 3.63) is 97.7 Å². The highest BCUT2D eigenvalue weighted by atomic mass is 32.1. The number of H-pyrrole nitrogens is 1. The zero-order valence-electron chi connectivity index (χ0n) is 20.4. The molecular weight excluding hydrogens is 480 g/mol. The van der Waals surface area contributed by atoms with Crippen LogP contribution in [-0.2, 0) is 20.6 Å². The first-order valence-electron chi connectivity index (χ1n) is 11.8. The van der Waals surface area contributed by atoms with Gasteiger partial charge < -0.3 is 14.2 Å². The molecule has 0 amide bonds. The molecule has 0 radical (unpaired) electrons. The molecule has 1 saturated heterocycles. The lowest BCUT2D eigenvalue weighted by atomic mass is 10.1. The number of rotatable bonds is 7. The molecule has 3 aromatic rings. The normalized spacial score (nSPS) is 19.1. The van der Waals surface area contributed by atoms with Gasteiger partial charge >= 0.3 is 11.9 Å². The van der Waals surface area contributed by atoms with Crippen molar-refractivity contribution in [2.45, 2.75) is 52.0 Å². The summed E-state index contributed by atoms with van der Waals surface area (Å²) in [4.78, 5) is 40.2. The van der Waals surface area contributed by atoms with E-state index in [1.807, 2.05) is 45.0 Å². The smallest absolute Gasteiger partial charge is 0.338 e. The largest absolute Gasteiger partial charge is 0.459 e. The van der Waals surface area contributed by atoms with E-state index >= 15 is 0 Å². The zero-order valence-corrected chi connectivity index (χ0v) is 21.2. The molecule has 2 heterocycles. The Balaban J connectivity index is 1.54. The molecule has 0 saturated carbocycles. The predicted octanol–water partition coefficient (Wildman–Crippen LogP) is 4.46. The molecule has 4 rings (SSSR count). The third-order valence-corrected chi connectivity index (χ3v) is 6.44. The highest BCUT2D eigenvalue weighted by Gasteiger charge is 2.40. The highest BCUT2D eigenvalue weighted by Crippen LogP contribution is 2.32. The second-order valence-electron chi connectivity index (χ2n) is 8.81. The Labute approximate surface area is 213 Å². The molecular formula is C27H28N2O6S. The number of aromatic nitrogens is 2. The maximum atomic E-state index is 12.8. The highest BCUT2D eigenvalue weighted by molar-refractivity contribution is 7.71. The fourth-order valence-corrected chi connectivity index (χ4v) is 4.23. The molecule has 36 heavy (non-hydrogen) atoms. The maximum Gasteiger partial charge on any atom is 0.338 e. The van der Waals surface area contributed by atoms with Gasteiger partial charge in [-0.05, 0) is 56.8 Å². The van der Waals surface area contributed by atoms with E-state index in [-0.39, 0.29) is 23.4 Å². The molecule has 0 spiro atoms. The van der Waals surface area contributed by atoms with Crippen LogP contribution in [0.3, 0.4) is 0 Å². The lowest BCUT2D eigenvalue weighted by Gasteiger charge is -2.19. The van der Waals surface area contributed by atoms with E-state index in [0.29, 0.717) is 23.1 Å². The van der Waals surface area contributed by atoms with E-state index in [1.54, 1.807) is 35.0 Å². The number of nitrogens with one attached hydrogen (secondary N) is 1. The minimum absolute atomic E-state index is 0.119. The molecule has 0 aliphatic carbocycles. The Kier molecular flexibility index (Phi) is 7.81. The van der Waals surface area contributed by atoms with E-state index in [4.69, 9.17) is 26.4 Å². The number of benzene rings is 2. The van der Waals surface area contributed by atoms with Gasteiger partial charge in [-0.25, -0.2) is 9.59 Å². The number of hydrogen-bond acceptors (Lipinski definition) is 7. The minimum atomic E-state index is -0.724. The first-order valence-corrected chi connectivity index (χ1v) is 12.2. The number of carbonyl (C=O) groups is 2. The number of aryl methyl sites for hydroxylation is 3. The van der Waals surface area contributed by atoms with Crippen molar-refractivity contribution in [2.24, 2.45) is 0 Å². The molecule has 8 nitrogen and oxygen atoms in total. The lowest BCUT2D eigenvalue weighted by molar-refractivity contribution is -0.0578. The fraction of sp³-hybridized carbons (Fsp3) is 0.333. The Morgan fingerprint density at radius 1 is 1.03 bits per heavy atom. The summed E-state index contributed by atoms with van der Waals surface area (Å²) in [5.74, 6) is -1.00. The molecule has 2 aromatic carbocycles. The Hall–Kier alpha value is -3.56. The van der Waals surface area contributed by atoms with Gasteiger partial charge in [-0.15, -0.1) is 0 Å². The van der Waals surface area contributed by atoms with Gasteiger partial charge in [-0.3, -0.25) is 14.3 Å². The van der Waals surface area contributed by atoms with Gasteiger partial charge in [0, 0.05) is 18.2 Å². The van der Waals surface area contributed by atoms with Crippen molar-refractivity contribution < 1.29 is 23.8 Å². The first-order chi connectivity index (χ1) is 17.2. The van der Waals surface area contributed by atoms with Crippen molar-refractivity contribution in [1.82, 2.24) is 9.55 Å². The van der Waals surface area contributed by atoms with Gasteiger partial charge in [0.05, 0.1) is 11.1 Å². The average Bonchev–Trinajstić information content (AvgIpc) is 3.25. The summed E-state index contributed by atoms with van der Waals surface area (Å²) in [6.45, 7) is 5.61. The van der Waals surface area contributed by atoms with Crippen molar-refractivity contribution in [2.75, 3.05) is 6.61 Å². The van der Waals surface area contributed by atoms with Crippen LogP contribution in [0.15, 0.2) is 59.5 Å². The molecule has 0 unspecified atom stereocenters. The van der Waals surface area contributed by atoms with Crippen LogP contribution in [0.4, 0.5) is 0 Å². The monoisotopic (exact) mass is 508 g/mol. The van der Waals surface area contributed by atoms with Crippen LogP contribution in [-0.4, -0.2) is 40.3 Å². The lowest BCUT2D eigenvalue weighted by Crippen LogP contribution is -2.32. The number of hydrogen-bond donors (Lipinski definition) is 1. The van der Waals surface area contributed by atoms with E-state index in [2.05, 4.69) is 4.98 Å². The summed E-state index contributed by atoms with van der Waals surface area (Å²) in [6, 6.07) is 14.1. The van der Waals surface area contributed by atoms with Crippen LogP contribution < -0.4 is 5.56 Å². The third-order valence-electron chi connectivity index (χ3n) is 6.12. The van der Waals surface area contributed by atoms with Crippen LogP contribution in [0.25, 0.3) is 0 Å². The first kappa shape index (κ1) is 25.5. The quantitative estimate of drug-likeness (QED) is 0.372. The number of carbonyl (C=O) groups excluding carboxylic acids is 2. The van der Waals surface area contributed by atoms with Crippen molar-refractivity contribution in [3.8, 4) is 0 Å². The van der Waals surface area contributed by atoms with Gasteiger partial charge in [0.25, 0.3) is 5.56 Å². The van der Waals surface area contributed by atoms with Gasteiger partial charge in [-0.1, -0.05) is 42.3 Å². The summed E-state index contributed by atoms with van der Waals surface area (Å²) in [7, 11) is 0. The summed E-state index contributed by atoms with van der Waals surface area (Å²) < 4.78 is 19.3. The molecule has 188 valence electrons. The van der Waals surface area contributed by atoms with Gasteiger partial charge in [0.15, 0.2) is 4.77 Å². The van der Waals surface area contributed by atoms with E-state index < -0.39 is 30.4 Å². The van der Waals surface area contributed by atoms with Crippen molar-refractivity contribution >= 4 is 24.2 Å². The van der Waals surface area contributed by atoms with Crippen LogP contribution in [0.2, 0.25) is 0 Å². The summed E-state index contributed by atoms with van der Waals surface area (Å²) >= 11 is 5.35. The summed E-state index contributed by atoms with van der Waals surface area (Å²) in [5.41, 5.74) is 3.18. The second kappa shape index (κ2) is 11.0. The number of ether oxygens (including phenoxy) is 3. The molecule has 3 atom stereocenters. The Morgan fingerprint density at radius 3 is 2.19 bits per heavy atom. The van der Waals surface area contributed by atoms with Crippen LogP contribution in [0.1, 0.15) is 57.0 Å². The van der Waals surface area contributed by atoms with E-state index in [9.17, 15) is 14.4 Å². The van der Waals surface area contributed by atoms with Gasteiger partial charge in [0.2, 0.25) is 0 Å². The van der Waals surface area contributed by atoms with Crippen LogP contribution >= 0.6 is 12.2 Å². The average molecular weight is 509 g/mol. The minimum Gasteiger partial charge on any atom is -0.459 e. The molecule has 1 aliphatic heterocycles. The van der Waals surface area contributed by atoms with Gasteiger partial charge in [0.1, 0.15) is 25.0 Å². The predicted molar refractivity (Wildman–Crippen MR) is 136 cm³/mol. The Morgan fingerprint density at radius 2 is 1.61 bits per heavy atom.